The van der Waals surface area contributed by atoms with Crippen LogP contribution in [-0.4, -0.2) is 29.0 Å². The second-order valence-corrected chi connectivity index (χ2v) is 6.22. The van der Waals surface area contributed by atoms with Crippen LogP contribution in [0.5, 0.6) is 0 Å². The minimum Gasteiger partial charge on any atom is -0.481 e. The van der Waals surface area contributed by atoms with E-state index in [1.54, 1.807) is 7.05 Å². The number of hydrogen-bond donors (Lipinski definition) is 3. The summed E-state index contributed by atoms with van der Waals surface area (Å²) < 4.78 is 0. The van der Waals surface area contributed by atoms with Crippen LogP contribution < -0.4 is 10.6 Å². The first-order valence-corrected chi connectivity index (χ1v) is 7.43. The smallest absolute Gasteiger partial charge is 0.307 e. The van der Waals surface area contributed by atoms with Crippen LogP contribution in [0.2, 0.25) is 0 Å². The standard InChI is InChI=1S/C13H19N3O3S/c1-7(2)13(4-9(13)10(17)18)11(19)15-5-8-6-20-12(14-3)16-8/h6-7,9H,4-5H2,1-3H3,(H,14,16)(H,15,19)(H,17,18)/t9-,13+/m1/s1. The number of carboxylic acids is 1. The third-order valence-corrected chi connectivity index (χ3v) is 4.86. The lowest BCUT2D eigenvalue weighted by Gasteiger charge is -2.19. The first kappa shape index (κ1) is 14.8. The molecule has 1 aliphatic rings. The molecule has 0 saturated heterocycles. The number of aromatic nitrogens is 1. The molecule has 2 rings (SSSR count). The second kappa shape index (κ2) is 5.40. The van der Waals surface area contributed by atoms with Gasteiger partial charge in [0.15, 0.2) is 5.13 Å². The van der Waals surface area contributed by atoms with Crippen LogP contribution in [0.15, 0.2) is 5.38 Å². The maximum absolute atomic E-state index is 12.3. The Morgan fingerprint density at radius 2 is 2.30 bits per heavy atom. The molecular weight excluding hydrogens is 278 g/mol. The normalized spacial score (nSPS) is 24.5. The summed E-state index contributed by atoms with van der Waals surface area (Å²) in [5.41, 5.74) is 0.0207. The molecular formula is C13H19N3O3S. The summed E-state index contributed by atoms with van der Waals surface area (Å²) in [7, 11) is 1.79. The second-order valence-electron chi connectivity index (χ2n) is 5.37. The molecule has 0 aliphatic heterocycles. The zero-order chi connectivity index (χ0) is 14.9. The molecule has 0 radical (unpaired) electrons. The summed E-state index contributed by atoms with van der Waals surface area (Å²) in [4.78, 5) is 27.7. The molecule has 1 aromatic rings. The van der Waals surface area contributed by atoms with Crippen molar-refractivity contribution >= 4 is 28.3 Å². The third-order valence-electron chi connectivity index (χ3n) is 3.95. The summed E-state index contributed by atoms with van der Waals surface area (Å²) in [5, 5.41) is 17.5. The van der Waals surface area contributed by atoms with E-state index >= 15 is 0 Å². The molecule has 1 heterocycles. The Morgan fingerprint density at radius 3 is 2.75 bits per heavy atom. The van der Waals surface area contributed by atoms with Crippen molar-refractivity contribution in [3.8, 4) is 0 Å². The van der Waals surface area contributed by atoms with Crippen molar-refractivity contribution in [2.75, 3.05) is 12.4 Å². The van der Waals surface area contributed by atoms with E-state index in [0.29, 0.717) is 13.0 Å². The fourth-order valence-corrected chi connectivity index (χ4v) is 3.25. The number of carbonyl (C=O) groups is 2. The van der Waals surface area contributed by atoms with Gasteiger partial charge in [-0.2, -0.15) is 0 Å². The van der Waals surface area contributed by atoms with E-state index in [2.05, 4.69) is 15.6 Å². The van der Waals surface area contributed by atoms with Crippen LogP contribution in [0.1, 0.15) is 26.0 Å². The van der Waals surface area contributed by atoms with Gasteiger partial charge in [-0.05, 0) is 12.3 Å². The molecule has 110 valence electrons. The molecule has 0 spiro atoms. The van der Waals surface area contributed by atoms with Crippen LogP contribution >= 0.6 is 11.3 Å². The van der Waals surface area contributed by atoms with Gasteiger partial charge in [0.2, 0.25) is 5.91 Å². The van der Waals surface area contributed by atoms with E-state index in [4.69, 9.17) is 5.11 Å². The van der Waals surface area contributed by atoms with Crippen LogP contribution in [-0.2, 0) is 16.1 Å². The Morgan fingerprint density at radius 1 is 1.60 bits per heavy atom. The summed E-state index contributed by atoms with van der Waals surface area (Å²) in [6, 6.07) is 0. The summed E-state index contributed by atoms with van der Waals surface area (Å²) >= 11 is 1.47. The molecule has 0 bridgehead atoms. The Hall–Kier alpha value is -1.63. The molecule has 1 aliphatic carbocycles. The highest BCUT2D eigenvalue weighted by atomic mass is 32.1. The first-order chi connectivity index (χ1) is 9.41. The van der Waals surface area contributed by atoms with Crippen molar-refractivity contribution < 1.29 is 14.7 Å². The Kier molecular flexibility index (Phi) is 3.99. The summed E-state index contributed by atoms with van der Waals surface area (Å²) in [6.45, 7) is 4.12. The molecule has 1 saturated carbocycles. The lowest BCUT2D eigenvalue weighted by Crippen LogP contribution is -2.37. The van der Waals surface area contributed by atoms with Crippen molar-refractivity contribution in [1.29, 1.82) is 0 Å². The van der Waals surface area contributed by atoms with Crippen LogP contribution in [0.4, 0.5) is 5.13 Å². The van der Waals surface area contributed by atoms with E-state index in [-0.39, 0.29) is 11.8 Å². The molecule has 7 heteroatoms. The van der Waals surface area contributed by atoms with Crippen molar-refractivity contribution in [3.63, 3.8) is 0 Å². The zero-order valence-corrected chi connectivity index (χ0v) is 12.6. The largest absolute Gasteiger partial charge is 0.481 e. The predicted molar refractivity (Wildman–Crippen MR) is 76.5 cm³/mol. The predicted octanol–water partition coefficient (Wildman–Crippen LogP) is 1.55. The molecule has 0 unspecified atom stereocenters. The van der Waals surface area contributed by atoms with Gasteiger partial charge in [0.05, 0.1) is 23.6 Å². The first-order valence-electron chi connectivity index (χ1n) is 6.55. The fourth-order valence-electron chi connectivity index (χ4n) is 2.58. The van der Waals surface area contributed by atoms with Crippen molar-refractivity contribution in [2.45, 2.75) is 26.8 Å². The quantitative estimate of drug-likeness (QED) is 0.741. The maximum atomic E-state index is 12.3. The number of hydrogen-bond acceptors (Lipinski definition) is 5. The van der Waals surface area contributed by atoms with Gasteiger partial charge in [0, 0.05) is 12.4 Å². The number of amides is 1. The topological polar surface area (TPSA) is 91.3 Å². The number of rotatable bonds is 6. The molecule has 1 amide bonds. The Balaban J connectivity index is 1.99. The molecule has 1 fully saturated rings. The zero-order valence-electron chi connectivity index (χ0n) is 11.8. The number of anilines is 1. The van der Waals surface area contributed by atoms with E-state index < -0.39 is 17.3 Å². The number of carbonyl (C=O) groups excluding carboxylic acids is 1. The van der Waals surface area contributed by atoms with Gasteiger partial charge in [0.25, 0.3) is 0 Å². The lowest BCUT2D eigenvalue weighted by atomic mass is 9.88. The highest BCUT2D eigenvalue weighted by molar-refractivity contribution is 7.13. The minimum atomic E-state index is -0.889. The van der Waals surface area contributed by atoms with Crippen molar-refractivity contribution in [3.05, 3.63) is 11.1 Å². The average molecular weight is 297 g/mol. The van der Waals surface area contributed by atoms with Gasteiger partial charge in [-0.1, -0.05) is 13.8 Å². The van der Waals surface area contributed by atoms with E-state index in [0.717, 1.165) is 10.8 Å². The summed E-state index contributed by atoms with van der Waals surface area (Å²) in [6.07, 6.45) is 0.421. The summed E-state index contributed by atoms with van der Waals surface area (Å²) in [5.74, 6) is -1.63. The Bertz CT molecular complexity index is 529. The maximum Gasteiger partial charge on any atom is 0.307 e. The van der Waals surface area contributed by atoms with Gasteiger partial charge in [0.1, 0.15) is 0 Å². The number of nitrogens with one attached hydrogen (secondary N) is 2. The number of carboxylic acid groups (broad SMARTS) is 1. The average Bonchev–Trinajstić information content (AvgIpc) is 3.02. The molecule has 20 heavy (non-hydrogen) atoms. The van der Waals surface area contributed by atoms with E-state index in [1.807, 2.05) is 19.2 Å². The van der Waals surface area contributed by atoms with Crippen LogP contribution in [0.3, 0.4) is 0 Å². The lowest BCUT2D eigenvalue weighted by molar-refractivity contribution is -0.142. The van der Waals surface area contributed by atoms with Gasteiger partial charge in [-0.25, -0.2) is 4.98 Å². The SMILES string of the molecule is CNc1nc(CNC(=O)[C@]2(C(C)C)C[C@@H]2C(=O)O)cs1. The van der Waals surface area contributed by atoms with E-state index in [1.165, 1.54) is 11.3 Å². The molecule has 3 N–H and O–H groups in total. The third kappa shape index (κ3) is 2.49. The van der Waals surface area contributed by atoms with Gasteiger partial charge in [-0.3, -0.25) is 9.59 Å². The van der Waals surface area contributed by atoms with Crippen LogP contribution in [0.25, 0.3) is 0 Å². The number of nitrogens with zero attached hydrogens (tertiary/aromatic N) is 1. The monoisotopic (exact) mass is 297 g/mol. The van der Waals surface area contributed by atoms with Gasteiger partial charge < -0.3 is 15.7 Å². The van der Waals surface area contributed by atoms with Gasteiger partial charge >= 0.3 is 5.97 Å². The van der Waals surface area contributed by atoms with Crippen molar-refractivity contribution in [1.82, 2.24) is 10.3 Å². The van der Waals surface area contributed by atoms with Crippen LogP contribution in [0, 0.1) is 17.3 Å². The molecule has 6 nitrogen and oxygen atoms in total. The minimum absolute atomic E-state index is 0.00639. The van der Waals surface area contributed by atoms with Gasteiger partial charge in [-0.15, -0.1) is 11.3 Å². The highest BCUT2D eigenvalue weighted by Crippen LogP contribution is 2.58. The van der Waals surface area contributed by atoms with E-state index in [9.17, 15) is 9.59 Å². The molecule has 1 aromatic heterocycles. The number of aliphatic carboxylic acids is 1. The molecule has 0 aromatic carbocycles. The fraction of sp³-hybridized carbons (Fsp3) is 0.615. The Labute approximate surface area is 121 Å². The molecule has 2 atom stereocenters. The number of thiazole rings is 1. The highest BCUT2D eigenvalue weighted by Gasteiger charge is 2.65. The van der Waals surface area contributed by atoms with Crippen molar-refractivity contribution in [2.24, 2.45) is 17.3 Å².